The summed E-state index contributed by atoms with van der Waals surface area (Å²) in [5, 5.41) is 0. The van der Waals surface area contributed by atoms with Gasteiger partial charge in [0.2, 0.25) is 0 Å². The van der Waals surface area contributed by atoms with E-state index in [1.165, 1.54) is 12.8 Å². The van der Waals surface area contributed by atoms with Gasteiger partial charge in [-0.2, -0.15) is 9.90 Å². The zero-order chi connectivity index (χ0) is 3.41. The molecule has 44 valence electrons. The van der Waals surface area contributed by atoms with Gasteiger partial charge in [0.15, 0.2) is 0 Å². The van der Waals surface area contributed by atoms with Gasteiger partial charge in [-0.3, -0.25) is 0 Å². The van der Waals surface area contributed by atoms with Gasteiger partial charge in [0, 0.05) is 20.4 Å². The van der Waals surface area contributed by atoms with Crippen LogP contribution < -0.4 is 0 Å². The molecular weight excluding hydrogens is 185 g/mol. The van der Waals surface area contributed by atoms with Gasteiger partial charge in [0.05, 0.1) is 0 Å². The Morgan fingerprint density at radius 1 is 1.00 bits per heavy atom. The van der Waals surface area contributed by atoms with E-state index in [1.807, 2.05) is 0 Å². The second-order valence-corrected chi connectivity index (χ2v) is 1.000. The number of hydrogen-bond acceptors (Lipinski definition) is 0. The van der Waals surface area contributed by atoms with Crippen LogP contribution in [0.1, 0.15) is 26.7 Å². The van der Waals surface area contributed by atoms with Crippen LogP contribution >= 0.6 is 9.90 Å². The Morgan fingerprint density at radius 2 is 1.17 bits per heavy atom. The second-order valence-electron chi connectivity index (χ2n) is 1.000. The SMILES string of the molecule is CCCC.P.[Pd]. The normalized spacial score (nSPS) is 5.00. The largest absolute Gasteiger partial charge is 0.153 e. The molecule has 0 nitrogen and oxygen atoms in total. The molecule has 0 spiro atoms. The van der Waals surface area contributed by atoms with Crippen LogP contribution in [-0.4, -0.2) is 0 Å². The maximum absolute atomic E-state index is 2.18. The van der Waals surface area contributed by atoms with Crippen molar-refractivity contribution in [2.45, 2.75) is 26.7 Å². The van der Waals surface area contributed by atoms with Crippen molar-refractivity contribution in [1.29, 1.82) is 0 Å². The third-order valence-electron chi connectivity index (χ3n) is 0.500. The van der Waals surface area contributed by atoms with Crippen LogP contribution in [0.25, 0.3) is 0 Å². The topological polar surface area (TPSA) is 0 Å². The molecule has 6 heavy (non-hydrogen) atoms. The van der Waals surface area contributed by atoms with Crippen LogP contribution in [0.2, 0.25) is 0 Å². The van der Waals surface area contributed by atoms with Crippen LogP contribution in [0, 0.1) is 0 Å². The predicted octanol–water partition coefficient (Wildman–Crippen LogP) is 1.86. The van der Waals surface area contributed by atoms with Crippen LogP contribution in [0.3, 0.4) is 0 Å². The van der Waals surface area contributed by atoms with E-state index in [-0.39, 0.29) is 30.3 Å². The second kappa shape index (κ2) is 16.5. The molecule has 0 aliphatic rings. The summed E-state index contributed by atoms with van der Waals surface area (Å²) in [5.74, 6) is 0. The summed E-state index contributed by atoms with van der Waals surface area (Å²) < 4.78 is 0. The molecular formula is C4H13PPd. The van der Waals surface area contributed by atoms with Gasteiger partial charge < -0.3 is 0 Å². The smallest absolute Gasteiger partial charge is 0 e. The average Bonchev–Trinajstić information content (AvgIpc) is 1.37. The molecule has 0 amide bonds. The van der Waals surface area contributed by atoms with E-state index >= 15 is 0 Å². The minimum atomic E-state index is 0. The fourth-order valence-corrected chi connectivity index (χ4v) is 0. The van der Waals surface area contributed by atoms with Crippen molar-refractivity contribution in [2.24, 2.45) is 0 Å². The van der Waals surface area contributed by atoms with Gasteiger partial charge in [0.25, 0.3) is 0 Å². The van der Waals surface area contributed by atoms with E-state index in [2.05, 4.69) is 13.8 Å². The van der Waals surface area contributed by atoms with Crippen LogP contribution in [0.4, 0.5) is 0 Å². The fraction of sp³-hybridized carbons (Fsp3) is 1.00. The first kappa shape index (κ1) is 15.7. The number of unbranched alkanes of at least 4 members (excludes halogenated alkanes) is 1. The molecule has 0 saturated heterocycles. The predicted molar refractivity (Wildman–Crippen MR) is 31.7 cm³/mol. The molecule has 0 aliphatic heterocycles. The molecule has 0 aromatic rings. The molecule has 1 unspecified atom stereocenters. The molecule has 0 N–H and O–H groups in total. The molecule has 0 aliphatic carbocycles. The summed E-state index contributed by atoms with van der Waals surface area (Å²) in [7, 11) is 0. The number of rotatable bonds is 1. The minimum Gasteiger partial charge on any atom is -0.153 e. The average molecular weight is 199 g/mol. The van der Waals surface area contributed by atoms with E-state index < -0.39 is 0 Å². The molecule has 0 aromatic heterocycles. The Labute approximate surface area is 57.4 Å². The molecule has 1 atom stereocenters. The van der Waals surface area contributed by atoms with Crippen molar-refractivity contribution < 1.29 is 20.4 Å². The van der Waals surface area contributed by atoms with Crippen molar-refractivity contribution in [3.05, 3.63) is 0 Å². The van der Waals surface area contributed by atoms with Gasteiger partial charge in [-0.15, -0.1) is 0 Å². The van der Waals surface area contributed by atoms with Gasteiger partial charge in [-0.1, -0.05) is 26.7 Å². The van der Waals surface area contributed by atoms with Gasteiger partial charge >= 0.3 is 0 Å². The van der Waals surface area contributed by atoms with E-state index in [0.29, 0.717) is 0 Å². The zero-order valence-electron chi connectivity index (χ0n) is 4.44. The Kier molecular flexibility index (Phi) is 43.3. The van der Waals surface area contributed by atoms with Crippen molar-refractivity contribution in [3.63, 3.8) is 0 Å². The van der Waals surface area contributed by atoms with E-state index in [9.17, 15) is 0 Å². The van der Waals surface area contributed by atoms with Crippen LogP contribution in [0.15, 0.2) is 0 Å². The molecule has 0 bridgehead atoms. The Morgan fingerprint density at radius 3 is 1.17 bits per heavy atom. The Balaban J connectivity index is -0.0000000450. The molecule has 0 rings (SSSR count). The van der Waals surface area contributed by atoms with E-state index in [4.69, 9.17) is 0 Å². The molecule has 0 radical (unpaired) electrons. The maximum atomic E-state index is 2.18. The first-order valence-corrected chi connectivity index (χ1v) is 1.91. The monoisotopic (exact) mass is 198 g/mol. The van der Waals surface area contributed by atoms with E-state index in [1.54, 1.807) is 0 Å². The fourth-order valence-electron chi connectivity index (χ4n) is 0. The molecule has 2 heteroatoms. The summed E-state index contributed by atoms with van der Waals surface area (Å²) in [6, 6.07) is 0. The molecule has 0 saturated carbocycles. The summed E-state index contributed by atoms with van der Waals surface area (Å²) in [6.07, 6.45) is 2.64. The van der Waals surface area contributed by atoms with E-state index in [0.717, 1.165) is 0 Å². The van der Waals surface area contributed by atoms with Gasteiger partial charge in [-0.25, -0.2) is 0 Å². The molecule has 0 heterocycles. The van der Waals surface area contributed by atoms with Crippen molar-refractivity contribution in [3.8, 4) is 0 Å². The summed E-state index contributed by atoms with van der Waals surface area (Å²) in [6.45, 7) is 4.36. The molecule has 0 aromatic carbocycles. The quantitative estimate of drug-likeness (QED) is 0.446. The Bertz CT molecular complexity index is 9.51. The van der Waals surface area contributed by atoms with Crippen molar-refractivity contribution >= 4 is 9.90 Å². The first-order chi connectivity index (χ1) is 1.91. The van der Waals surface area contributed by atoms with Gasteiger partial charge in [-0.05, 0) is 0 Å². The minimum absolute atomic E-state index is 0. The van der Waals surface area contributed by atoms with Crippen molar-refractivity contribution in [2.75, 3.05) is 0 Å². The maximum Gasteiger partial charge on any atom is 0 e. The first-order valence-electron chi connectivity index (χ1n) is 1.91. The summed E-state index contributed by atoms with van der Waals surface area (Å²) in [4.78, 5) is 0. The van der Waals surface area contributed by atoms with Gasteiger partial charge in [0.1, 0.15) is 0 Å². The standard InChI is InChI=1S/C4H10.H3P.Pd/c1-3-4-2;;/h3-4H2,1-2H3;1H3;. The number of hydrogen-bond donors (Lipinski definition) is 0. The van der Waals surface area contributed by atoms with Crippen LogP contribution in [0.5, 0.6) is 0 Å². The zero-order valence-corrected chi connectivity index (χ0v) is 7.41. The third kappa shape index (κ3) is 19.5. The summed E-state index contributed by atoms with van der Waals surface area (Å²) >= 11 is 0. The Hall–Kier alpha value is 1.09. The summed E-state index contributed by atoms with van der Waals surface area (Å²) in [5.41, 5.74) is 0. The van der Waals surface area contributed by atoms with Crippen LogP contribution in [-0.2, 0) is 20.4 Å². The third-order valence-corrected chi connectivity index (χ3v) is 0.500. The van der Waals surface area contributed by atoms with Crippen molar-refractivity contribution in [1.82, 2.24) is 0 Å². The molecule has 0 fully saturated rings.